The Kier molecular flexibility index (Phi) is 5.30. The summed E-state index contributed by atoms with van der Waals surface area (Å²) in [6.45, 7) is -0.0156. The number of hydrogen-bond acceptors (Lipinski definition) is 5. The summed E-state index contributed by atoms with van der Waals surface area (Å²) in [5.41, 5.74) is 6.05. The van der Waals surface area contributed by atoms with Crippen LogP contribution in [0.25, 0.3) is 0 Å². The van der Waals surface area contributed by atoms with Crippen LogP contribution >= 0.6 is 20.0 Å². The molecule has 1 aliphatic heterocycles. The molecule has 1 saturated heterocycles. The molecule has 1 aromatic carbocycles. The number of ether oxygens (including phenoxy) is 1. The Morgan fingerprint density at radius 3 is 2.83 bits per heavy atom. The van der Waals surface area contributed by atoms with E-state index in [-0.39, 0.29) is 12.5 Å². The van der Waals surface area contributed by atoms with E-state index in [1.54, 1.807) is 7.11 Å². The van der Waals surface area contributed by atoms with Gasteiger partial charge in [-0.2, -0.15) is 0 Å². The first-order valence-corrected chi connectivity index (χ1v) is 12.9. The molecule has 0 atom stereocenters. The van der Waals surface area contributed by atoms with E-state index in [1.165, 1.54) is 15.9 Å². The molecular formula is C11H15AsN2O2S2. The van der Waals surface area contributed by atoms with E-state index in [0.717, 1.165) is 5.69 Å². The maximum atomic E-state index is 11.4. The van der Waals surface area contributed by atoms with Crippen LogP contribution in [0.1, 0.15) is 0 Å². The van der Waals surface area contributed by atoms with Gasteiger partial charge in [0.1, 0.15) is 0 Å². The van der Waals surface area contributed by atoms with Crippen LogP contribution in [0.4, 0.5) is 5.69 Å². The van der Waals surface area contributed by atoms with E-state index in [0.29, 0.717) is 5.75 Å². The fraction of sp³-hybridized carbons (Fsp3) is 0.364. The van der Waals surface area contributed by atoms with Gasteiger partial charge in [-0.1, -0.05) is 0 Å². The van der Waals surface area contributed by atoms with Gasteiger partial charge in [0, 0.05) is 0 Å². The van der Waals surface area contributed by atoms with Crippen LogP contribution in [-0.2, 0) is 4.79 Å². The van der Waals surface area contributed by atoms with Gasteiger partial charge in [0.2, 0.25) is 0 Å². The van der Waals surface area contributed by atoms with Gasteiger partial charge < -0.3 is 0 Å². The standard InChI is InChI=1S/C11H15AsN2O2S2/c1-16-10-3-2-8(12-17-4-5-18-12)6-9(10)14-11(15)7-13/h2-3,6H,4-5,7,13H2,1H3,(H,14,15). The number of anilines is 1. The second kappa shape index (κ2) is 6.75. The number of carbonyl (C=O) groups is 1. The van der Waals surface area contributed by atoms with Crippen molar-refractivity contribution >= 4 is 48.3 Å². The predicted octanol–water partition coefficient (Wildman–Crippen LogP) is 0.768. The number of amides is 1. The van der Waals surface area contributed by atoms with Gasteiger partial charge >= 0.3 is 118 Å². The van der Waals surface area contributed by atoms with Gasteiger partial charge in [0.05, 0.1) is 0 Å². The van der Waals surface area contributed by atoms with Gasteiger partial charge in [0.25, 0.3) is 0 Å². The van der Waals surface area contributed by atoms with Crippen molar-refractivity contribution in [1.82, 2.24) is 0 Å². The van der Waals surface area contributed by atoms with Crippen molar-refractivity contribution in [2.45, 2.75) is 0 Å². The molecular weight excluding hydrogens is 331 g/mol. The van der Waals surface area contributed by atoms with E-state index >= 15 is 0 Å². The van der Waals surface area contributed by atoms with Crippen molar-refractivity contribution in [1.29, 1.82) is 0 Å². The van der Waals surface area contributed by atoms with Crippen molar-refractivity contribution in [3.63, 3.8) is 0 Å². The summed E-state index contributed by atoms with van der Waals surface area (Å²) in [4.78, 5) is 11.4. The molecule has 0 unspecified atom stereocenters. The van der Waals surface area contributed by atoms with Gasteiger partial charge in [-0.15, -0.1) is 0 Å². The Labute approximate surface area is 118 Å². The van der Waals surface area contributed by atoms with Crippen molar-refractivity contribution in [2.24, 2.45) is 5.73 Å². The molecule has 0 aliphatic carbocycles. The first kappa shape index (κ1) is 14.1. The summed E-state index contributed by atoms with van der Waals surface area (Å²) in [6.07, 6.45) is 0. The molecule has 1 heterocycles. The molecule has 2 rings (SSSR count). The van der Waals surface area contributed by atoms with Gasteiger partial charge in [-0.3, -0.25) is 0 Å². The number of carbonyl (C=O) groups excluding carboxylic acids is 1. The molecule has 18 heavy (non-hydrogen) atoms. The summed E-state index contributed by atoms with van der Waals surface area (Å²) in [5, 5.41) is 2.79. The van der Waals surface area contributed by atoms with Crippen LogP contribution in [0.5, 0.6) is 5.75 Å². The molecule has 1 aliphatic rings. The van der Waals surface area contributed by atoms with Crippen molar-refractivity contribution < 1.29 is 9.53 Å². The SMILES string of the molecule is COc1ccc([As]2SCCS2)cc1NC(=O)CN. The van der Waals surface area contributed by atoms with Crippen LogP contribution < -0.4 is 20.1 Å². The molecule has 0 aromatic heterocycles. The van der Waals surface area contributed by atoms with Crippen LogP contribution in [0.15, 0.2) is 18.2 Å². The molecule has 98 valence electrons. The van der Waals surface area contributed by atoms with Gasteiger partial charge in [-0.05, 0) is 0 Å². The van der Waals surface area contributed by atoms with Gasteiger partial charge in [0.15, 0.2) is 0 Å². The molecule has 1 aromatic rings. The topological polar surface area (TPSA) is 64.3 Å². The zero-order valence-electron chi connectivity index (χ0n) is 10.0. The third-order valence-corrected chi connectivity index (χ3v) is 16.1. The Bertz CT molecular complexity index is 439. The molecule has 0 spiro atoms. The molecule has 0 bridgehead atoms. The summed E-state index contributed by atoms with van der Waals surface area (Å²) < 4.78 is 6.61. The predicted molar refractivity (Wildman–Crippen MR) is 81.0 cm³/mol. The Morgan fingerprint density at radius 1 is 1.50 bits per heavy atom. The van der Waals surface area contributed by atoms with Crippen molar-refractivity contribution in [3.8, 4) is 5.75 Å². The van der Waals surface area contributed by atoms with E-state index in [4.69, 9.17) is 10.5 Å². The van der Waals surface area contributed by atoms with Crippen molar-refractivity contribution in [3.05, 3.63) is 18.2 Å². The molecule has 4 nitrogen and oxygen atoms in total. The quantitative estimate of drug-likeness (QED) is 0.789. The van der Waals surface area contributed by atoms with E-state index in [2.05, 4.69) is 31.4 Å². The number of nitrogens with one attached hydrogen (secondary N) is 1. The number of nitrogens with two attached hydrogens (primary N) is 1. The first-order chi connectivity index (χ1) is 8.74. The second-order valence-electron chi connectivity index (χ2n) is 3.56. The zero-order valence-corrected chi connectivity index (χ0v) is 13.5. The fourth-order valence-corrected chi connectivity index (χ4v) is 15.7. The Morgan fingerprint density at radius 2 is 2.22 bits per heavy atom. The monoisotopic (exact) mass is 346 g/mol. The average molecular weight is 346 g/mol. The third kappa shape index (κ3) is 3.38. The van der Waals surface area contributed by atoms with Crippen molar-refractivity contribution in [2.75, 3.05) is 30.5 Å². The number of rotatable bonds is 4. The van der Waals surface area contributed by atoms with Crippen LogP contribution in [0, 0.1) is 0 Å². The zero-order chi connectivity index (χ0) is 13.0. The van der Waals surface area contributed by atoms with E-state index in [9.17, 15) is 4.79 Å². The molecule has 7 heteroatoms. The Balaban J connectivity index is 2.23. The molecule has 1 amide bonds. The molecule has 0 saturated carbocycles. The second-order valence-corrected chi connectivity index (χ2v) is 15.3. The van der Waals surface area contributed by atoms with Crippen LogP contribution in [-0.4, -0.2) is 43.4 Å². The summed E-state index contributed by atoms with van der Waals surface area (Å²) in [5.74, 6) is 2.96. The summed E-state index contributed by atoms with van der Waals surface area (Å²) in [7, 11) is 5.75. The minimum absolute atomic E-state index is 0.0156. The maximum absolute atomic E-state index is 11.4. The number of benzene rings is 1. The van der Waals surface area contributed by atoms with Crippen LogP contribution in [0.2, 0.25) is 0 Å². The molecule has 3 N–H and O–H groups in total. The number of methoxy groups -OCH3 is 1. The molecule has 1 fully saturated rings. The normalized spacial score (nSPS) is 15.7. The fourth-order valence-electron chi connectivity index (χ4n) is 1.54. The first-order valence-electron chi connectivity index (χ1n) is 5.48. The van der Waals surface area contributed by atoms with Gasteiger partial charge in [-0.25, -0.2) is 0 Å². The summed E-state index contributed by atoms with van der Waals surface area (Å²) in [6, 6.07) is 6.08. The average Bonchev–Trinajstić information content (AvgIpc) is 2.92. The third-order valence-electron chi connectivity index (χ3n) is 2.35. The minimum atomic E-state index is -1.03. The Hall–Kier alpha value is -0.292. The van der Waals surface area contributed by atoms with Crippen LogP contribution in [0.3, 0.4) is 0 Å². The molecule has 0 radical (unpaired) electrons. The van der Waals surface area contributed by atoms with E-state index in [1.807, 2.05) is 12.1 Å². The van der Waals surface area contributed by atoms with E-state index < -0.39 is 12.3 Å². The number of hydrogen-bond donors (Lipinski definition) is 2. The summed E-state index contributed by atoms with van der Waals surface area (Å²) >= 11 is -1.03.